The first-order valence-corrected chi connectivity index (χ1v) is 5.28. The van der Waals surface area contributed by atoms with Gasteiger partial charge in [0.2, 0.25) is 0 Å². The minimum atomic E-state index is -0.737. The Morgan fingerprint density at radius 1 is 1.64 bits per heavy atom. The number of rotatable bonds is 4. The second kappa shape index (κ2) is 5.32. The third-order valence-corrected chi connectivity index (χ3v) is 2.58. The van der Waals surface area contributed by atoms with Crippen molar-refractivity contribution in [1.29, 1.82) is 0 Å². The van der Waals surface area contributed by atoms with Crippen molar-refractivity contribution in [3.05, 3.63) is 0 Å². The van der Waals surface area contributed by atoms with E-state index in [1.807, 2.05) is 0 Å². The van der Waals surface area contributed by atoms with Crippen LogP contribution in [0.15, 0.2) is 0 Å². The van der Waals surface area contributed by atoms with Crippen LogP contribution in [-0.2, 0) is 4.79 Å². The number of nitrogens with one attached hydrogen (secondary N) is 1. The summed E-state index contributed by atoms with van der Waals surface area (Å²) in [7, 11) is 0. The van der Waals surface area contributed by atoms with Crippen LogP contribution in [0.3, 0.4) is 0 Å². The standard InChI is InChI=1S/C10H20N2O2/c1-8(2)3-5-12-6-4-11-9(7-12)10(13)14/h8-9,11H,3-7H2,1-2H3,(H,13,14). The predicted molar refractivity (Wildman–Crippen MR) is 55.3 cm³/mol. The van der Waals surface area contributed by atoms with E-state index in [0.717, 1.165) is 26.1 Å². The van der Waals surface area contributed by atoms with E-state index in [-0.39, 0.29) is 6.04 Å². The van der Waals surface area contributed by atoms with Crippen LogP contribution in [0, 0.1) is 5.92 Å². The molecule has 0 spiro atoms. The number of hydrogen-bond acceptors (Lipinski definition) is 3. The van der Waals surface area contributed by atoms with Crippen molar-refractivity contribution in [2.45, 2.75) is 26.3 Å². The Hall–Kier alpha value is -0.610. The molecule has 4 heteroatoms. The largest absolute Gasteiger partial charge is 0.480 e. The average molecular weight is 200 g/mol. The van der Waals surface area contributed by atoms with Crippen molar-refractivity contribution in [3.63, 3.8) is 0 Å². The topological polar surface area (TPSA) is 52.6 Å². The van der Waals surface area contributed by atoms with Crippen molar-refractivity contribution in [3.8, 4) is 0 Å². The Labute approximate surface area is 85.3 Å². The molecule has 2 N–H and O–H groups in total. The van der Waals surface area contributed by atoms with E-state index in [1.165, 1.54) is 0 Å². The van der Waals surface area contributed by atoms with Crippen molar-refractivity contribution >= 4 is 5.97 Å². The molecule has 0 aliphatic carbocycles. The molecule has 1 aliphatic heterocycles. The highest BCUT2D eigenvalue weighted by atomic mass is 16.4. The van der Waals surface area contributed by atoms with Crippen molar-refractivity contribution < 1.29 is 9.90 Å². The first kappa shape index (κ1) is 11.5. The van der Waals surface area contributed by atoms with Gasteiger partial charge in [-0.25, -0.2) is 0 Å². The second-order valence-corrected chi connectivity index (χ2v) is 4.33. The molecule has 0 aromatic heterocycles. The molecule has 82 valence electrons. The zero-order valence-corrected chi connectivity index (χ0v) is 8.99. The van der Waals surface area contributed by atoms with Crippen molar-refractivity contribution in [2.24, 2.45) is 5.92 Å². The van der Waals surface area contributed by atoms with Gasteiger partial charge in [-0.2, -0.15) is 0 Å². The summed E-state index contributed by atoms with van der Waals surface area (Å²) in [6.45, 7) is 7.80. The molecule has 1 saturated heterocycles. The van der Waals surface area contributed by atoms with Crippen LogP contribution < -0.4 is 5.32 Å². The zero-order chi connectivity index (χ0) is 10.6. The Morgan fingerprint density at radius 3 is 2.93 bits per heavy atom. The fourth-order valence-electron chi connectivity index (χ4n) is 1.62. The normalized spacial score (nSPS) is 24.1. The van der Waals surface area contributed by atoms with E-state index in [1.54, 1.807) is 0 Å². The summed E-state index contributed by atoms with van der Waals surface area (Å²) in [4.78, 5) is 13.0. The van der Waals surface area contributed by atoms with Gasteiger partial charge in [-0.15, -0.1) is 0 Å². The minimum absolute atomic E-state index is 0.379. The van der Waals surface area contributed by atoms with Gasteiger partial charge in [0, 0.05) is 19.6 Å². The van der Waals surface area contributed by atoms with Gasteiger partial charge in [0.25, 0.3) is 0 Å². The van der Waals surface area contributed by atoms with E-state index in [0.29, 0.717) is 12.5 Å². The lowest BCUT2D eigenvalue weighted by Gasteiger charge is -2.31. The van der Waals surface area contributed by atoms with Crippen LogP contribution in [0.2, 0.25) is 0 Å². The smallest absolute Gasteiger partial charge is 0.322 e. The Balaban J connectivity index is 2.29. The van der Waals surface area contributed by atoms with Gasteiger partial charge in [-0.3, -0.25) is 9.69 Å². The summed E-state index contributed by atoms with van der Waals surface area (Å²) in [5.41, 5.74) is 0. The SMILES string of the molecule is CC(C)CCN1CCNC(C(=O)O)C1. The highest BCUT2D eigenvalue weighted by Gasteiger charge is 2.24. The maximum atomic E-state index is 10.7. The molecule has 14 heavy (non-hydrogen) atoms. The molecule has 0 saturated carbocycles. The molecular weight excluding hydrogens is 180 g/mol. The summed E-state index contributed by atoms with van der Waals surface area (Å²) in [5, 5.41) is 11.8. The van der Waals surface area contributed by atoms with Gasteiger partial charge in [0.1, 0.15) is 6.04 Å². The van der Waals surface area contributed by atoms with Gasteiger partial charge in [-0.1, -0.05) is 13.8 Å². The molecule has 1 unspecified atom stereocenters. The fraction of sp³-hybridized carbons (Fsp3) is 0.900. The number of hydrogen-bond donors (Lipinski definition) is 2. The maximum absolute atomic E-state index is 10.7. The summed E-state index contributed by atoms with van der Waals surface area (Å²) >= 11 is 0. The lowest BCUT2D eigenvalue weighted by molar-refractivity contribution is -0.140. The molecule has 0 radical (unpaired) electrons. The molecule has 1 aliphatic rings. The third-order valence-electron chi connectivity index (χ3n) is 2.58. The molecule has 0 bridgehead atoms. The van der Waals surface area contributed by atoms with Crippen LogP contribution in [-0.4, -0.2) is 48.2 Å². The Morgan fingerprint density at radius 2 is 2.36 bits per heavy atom. The predicted octanol–water partition coefficient (Wildman–Crippen LogP) is 0.391. The highest BCUT2D eigenvalue weighted by Crippen LogP contribution is 2.05. The first-order valence-electron chi connectivity index (χ1n) is 5.28. The number of carboxylic acids is 1. The quantitative estimate of drug-likeness (QED) is 0.689. The van der Waals surface area contributed by atoms with Gasteiger partial charge < -0.3 is 10.4 Å². The maximum Gasteiger partial charge on any atom is 0.322 e. The van der Waals surface area contributed by atoms with Crippen LogP contribution in [0.25, 0.3) is 0 Å². The van der Waals surface area contributed by atoms with E-state index in [4.69, 9.17) is 5.11 Å². The van der Waals surface area contributed by atoms with Crippen LogP contribution in [0.1, 0.15) is 20.3 Å². The van der Waals surface area contributed by atoms with E-state index in [2.05, 4.69) is 24.1 Å². The molecular formula is C10H20N2O2. The minimum Gasteiger partial charge on any atom is -0.480 e. The third kappa shape index (κ3) is 3.64. The average Bonchev–Trinajstić information content (AvgIpc) is 2.15. The number of aliphatic carboxylic acids is 1. The van der Waals surface area contributed by atoms with E-state index >= 15 is 0 Å². The Bertz CT molecular complexity index is 195. The van der Waals surface area contributed by atoms with Crippen molar-refractivity contribution in [2.75, 3.05) is 26.2 Å². The molecule has 0 aromatic carbocycles. The zero-order valence-electron chi connectivity index (χ0n) is 8.99. The van der Waals surface area contributed by atoms with E-state index in [9.17, 15) is 4.79 Å². The number of carboxylic acid groups (broad SMARTS) is 1. The summed E-state index contributed by atoms with van der Waals surface area (Å²) in [5.74, 6) is -0.0487. The van der Waals surface area contributed by atoms with Crippen molar-refractivity contribution in [1.82, 2.24) is 10.2 Å². The van der Waals surface area contributed by atoms with Gasteiger partial charge in [0.05, 0.1) is 0 Å². The first-order chi connectivity index (χ1) is 6.59. The van der Waals surface area contributed by atoms with Gasteiger partial charge >= 0.3 is 5.97 Å². The highest BCUT2D eigenvalue weighted by molar-refractivity contribution is 5.73. The molecule has 1 heterocycles. The molecule has 0 aromatic rings. The van der Waals surface area contributed by atoms with Crippen LogP contribution in [0.4, 0.5) is 0 Å². The molecule has 0 amide bonds. The molecule has 4 nitrogen and oxygen atoms in total. The summed E-state index contributed by atoms with van der Waals surface area (Å²) in [6, 6.07) is -0.379. The monoisotopic (exact) mass is 200 g/mol. The van der Waals surface area contributed by atoms with Gasteiger partial charge in [0.15, 0.2) is 0 Å². The molecule has 1 rings (SSSR count). The number of nitrogens with zero attached hydrogens (tertiary/aromatic N) is 1. The number of piperazine rings is 1. The van der Waals surface area contributed by atoms with E-state index < -0.39 is 5.97 Å². The van der Waals surface area contributed by atoms with Crippen LogP contribution in [0.5, 0.6) is 0 Å². The summed E-state index contributed by atoms with van der Waals surface area (Å²) in [6.07, 6.45) is 1.15. The molecule has 1 atom stereocenters. The summed E-state index contributed by atoms with van der Waals surface area (Å²) < 4.78 is 0. The lowest BCUT2D eigenvalue weighted by atomic mass is 10.1. The fourth-order valence-corrected chi connectivity index (χ4v) is 1.62. The van der Waals surface area contributed by atoms with Gasteiger partial charge in [-0.05, 0) is 18.9 Å². The lowest BCUT2D eigenvalue weighted by Crippen LogP contribution is -2.54. The second-order valence-electron chi connectivity index (χ2n) is 4.33. The number of carbonyl (C=O) groups is 1. The Kier molecular flexibility index (Phi) is 4.35. The molecule has 1 fully saturated rings. The van der Waals surface area contributed by atoms with Crippen LogP contribution >= 0.6 is 0 Å².